The highest BCUT2D eigenvalue weighted by Crippen LogP contribution is 2.30. The van der Waals surface area contributed by atoms with Crippen molar-refractivity contribution in [2.75, 3.05) is 31.5 Å². The van der Waals surface area contributed by atoms with E-state index in [1.54, 1.807) is 0 Å². The van der Waals surface area contributed by atoms with Gasteiger partial charge in [0.1, 0.15) is 17.5 Å². The molecule has 1 fully saturated rings. The molecule has 5 rings (SSSR count). The van der Waals surface area contributed by atoms with Crippen molar-refractivity contribution in [2.24, 2.45) is 4.99 Å². The van der Waals surface area contributed by atoms with Crippen LogP contribution in [0.5, 0.6) is 0 Å². The van der Waals surface area contributed by atoms with Crippen molar-refractivity contribution < 1.29 is 4.39 Å². The average molecular weight is 377 g/mol. The van der Waals surface area contributed by atoms with Crippen molar-refractivity contribution in [3.8, 4) is 0 Å². The second-order valence-electron chi connectivity index (χ2n) is 7.56. The minimum absolute atomic E-state index is 0.244. The maximum absolute atomic E-state index is 14.7. The first-order valence-corrected chi connectivity index (χ1v) is 10.0. The van der Waals surface area contributed by atoms with E-state index in [1.165, 1.54) is 18.9 Å². The molecule has 4 heterocycles. The Bertz CT molecular complexity index is 938. The number of rotatable bonds is 0. The summed E-state index contributed by atoms with van der Waals surface area (Å²) >= 11 is 0. The lowest BCUT2D eigenvalue weighted by Gasteiger charge is -2.29. The van der Waals surface area contributed by atoms with E-state index in [2.05, 4.69) is 21.3 Å². The normalized spacial score (nSPS) is 24.1. The Morgan fingerprint density at radius 1 is 1.21 bits per heavy atom. The number of allylic oxidation sites excluding steroid dienone is 2. The van der Waals surface area contributed by atoms with Gasteiger partial charge in [-0.1, -0.05) is 0 Å². The number of hydrogen-bond donors (Lipinski definition) is 2. The van der Waals surface area contributed by atoms with Crippen LogP contribution >= 0.6 is 0 Å². The van der Waals surface area contributed by atoms with Gasteiger partial charge in [-0.25, -0.2) is 4.39 Å². The molecule has 0 aromatic heterocycles. The Kier molecular flexibility index (Phi) is 4.51. The minimum Gasteiger partial charge on any atom is -0.384 e. The Hall–Kier alpha value is -2.82. The van der Waals surface area contributed by atoms with Gasteiger partial charge in [0.05, 0.1) is 6.20 Å². The SMILES string of the molecule is Fc1ccc2cc1C1=C3NC(=NCCC4CCCN4CCN2)C=CN3C=C=C1. The number of benzene rings is 1. The van der Waals surface area contributed by atoms with Crippen LogP contribution in [-0.4, -0.2) is 47.9 Å². The predicted octanol–water partition coefficient (Wildman–Crippen LogP) is 3.27. The van der Waals surface area contributed by atoms with Crippen LogP contribution in [0.15, 0.2) is 59.3 Å². The fourth-order valence-corrected chi connectivity index (χ4v) is 4.37. The van der Waals surface area contributed by atoms with Crippen LogP contribution in [0, 0.1) is 5.82 Å². The number of aliphatic imine (C=N–C) groups is 1. The third kappa shape index (κ3) is 3.26. The van der Waals surface area contributed by atoms with Crippen molar-refractivity contribution in [3.05, 3.63) is 65.7 Å². The van der Waals surface area contributed by atoms with Crippen LogP contribution in [-0.2, 0) is 0 Å². The first-order valence-electron chi connectivity index (χ1n) is 10.0. The summed E-state index contributed by atoms with van der Waals surface area (Å²) in [7, 11) is 0. The second kappa shape index (κ2) is 7.30. The molecule has 5 nitrogen and oxygen atoms in total. The molecule has 1 atom stereocenters. The van der Waals surface area contributed by atoms with E-state index in [9.17, 15) is 4.39 Å². The molecule has 144 valence electrons. The van der Waals surface area contributed by atoms with Gasteiger partial charge < -0.3 is 15.5 Å². The zero-order valence-electron chi connectivity index (χ0n) is 15.8. The molecule has 4 aliphatic heterocycles. The van der Waals surface area contributed by atoms with Crippen LogP contribution in [0.4, 0.5) is 10.1 Å². The van der Waals surface area contributed by atoms with E-state index in [0.29, 0.717) is 11.6 Å². The topological polar surface area (TPSA) is 42.9 Å². The molecule has 4 aliphatic rings. The number of hydrogen-bond acceptors (Lipinski definition) is 5. The lowest BCUT2D eigenvalue weighted by molar-refractivity contribution is 0.254. The molecule has 1 aromatic rings. The van der Waals surface area contributed by atoms with Crippen molar-refractivity contribution in [3.63, 3.8) is 0 Å². The Morgan fingerprint density at radius 3 is 3.14 bits per heavy atom. The molecule has 6 heteroatoms. The lowest BCUT2D eigenvalue weighted by atomic mass is 10.0. The van der Waals surface area contributed by atoms with E-state index in [1.807, 2.05) is 41.6 Å². The molecule has 0 radical (unpaired) electrons. The molecular formula is C22H24FN5. The summed E-state index contributed by atoms with van der Waals surface area (Å²) in [6.45, 7) is 3.79. The van der Waals surface area contributed by atoms with E-state index < -0.39 is 0 Å². The highest BCUT2D eigenvalue weighted by molar-refractivity contribution is 5.97. The zero-order chi connectivity index (χ0) is 18.9. The molecular weight excluding hydrogens is 353 g/mol. The second-order valence-corrected chi connectivity index (χ2v) is 7.56. The van der Waals surface area contributed by atoms with Gasteiger partial charge in [0.2, 0.25) is 0 Å². The first kappa shape index (κ1) is 17.3. The van der Waals surface area contributed by atoms with Crippen molar-refractivity contribution in [1.29, 1.82) is 0 Å². The Balaban J connectivity index is 1.56. The number of nitrogens with zero attached hydrogens (tertiary/aromatic N) is 3. The maximum atomic E-state index is 14.7. The number of amidine groups is 1. The largest absolute Gasteiger partial charge is 0.384 e. The fraction of sp³-hybridized carbons (Fsp3) is 0.364. The molecule has 2 N–H and O–H groups in total. The summed E-state index contributed by atoms with van der Waals surface area (Å²) in [4.78, 5) is 9.25. The quantitative estimate of drug-likeness (QED) is 0.681. The third-order valence-electron chi connectivity index (χ3n) is 5.82. The summed E-state index contributed by atoms with van der Waals surface area (Å²) < 4.78 is 14.7. The summed E-state index contributed by atoms with van der Waals surface area (Å²) in [5.41, 5.74) is 5.38. The van der Waals surface area contributed by atoms with Crippen molar-refractivity contribution >= 4 is 17.1 Å². The Morgan fingerprint density at radius 2 is 2.18 bits per heavy atom. The van der Waals surface area contributed by atoms with Crippen molar-refractivity contribution in [1.82, 2.24) is 15.1 Å². The maximum Gasteiger partial charge on any atom is 0.131 e. The molecule has 0 saturated carbocycles. The lowest BCUT2D eigenvalue weighted by Crippen LogP contribution is -2.35. The van der Waals surface area contributed by atoms with E-state index in [4.69, 9.17) is 4.99 Å². The van der Waals surface area contributed by atoms with Crippen LogP contribution < -0.4 is 10.6 Å². The van der Waals surface area contributed by atoms with Crippen LogP contribution in [0.25, 0.3) is 5.57 Å². The van der Waals surface area contributed by atoms with Gasteiger partial charge in [-0.2, -0.15) is 0 Å². The van der Waals surface area contributed by atoms with Crippen LogP contribution in [0.1, 0.15) is 24.8 Å². The van der Waals surface area contributed by atoms with Crippen LogP contribution in [0.2, 0.25) is 0 Å². The highest BCUT2D eigenvalue weighted by Gasteiger charge is 2.25. The first-order chi connectivity index (χ1) is 13.8. The molecule has 4 bridgehead atoms. The number of fused-ring (bicyclic) bond motifs is 5. The van der Waals surface area contributed by atoms with Gasteiger partial charge >= 0.3 is 0 Å². The van der Waals surface area contributed by atoms with Gasteiger partial charge in [0, 0.05) is 48.7 Å². The summed E-state index contributed by atoms with van der Waals surface area (Å²) in [5.74, 6) is 1.39. The predicted molar refractivity (Wildman–Crippen MR) is 110 cm³/mol. The molecule has 1 saturated heterocycles. The summed E-state index contributed by atoms with van der Waals surface area (Å²) in [6.07, 6.45) is 11.1. The fourth-order valence-electron chi connectivity index (χ4n) is 4.37. The van der Waals surface area contributed by atoms with Gasteiger partial charge in [-0.15, -0.1) is 5.73 Å². The molecule has 0 amide bonds. The number of halogens is 1. The zero-order valence-corrected chi connectivity index (χ0v) is 15.8. The number of nitrogens with one attached hydrogen (secondary N) is 2. The monoisotopic (exact) mass is 377 g/mol. The highest BCUT2D eigenvalue weighted by atomic mass is 19.1. The number of anilines is 1. The molecule has 28 heavy (non-hydrogen) atoms. The smallest absolute Gasteiger partial charge is 0.131 e. The summed E-state index contributed by atoms with van der Waals surface area (Å²) in [6, 6.07) is 5.83. The van der Waals surface area contributed by atoms with Gasteiger partial charge in [0.15, 0.2) is 0 Å². The standard InChI is InChI=1S/C22H24FN5/c23-20-6-5-16-15-19(20)18-4-2-12-28-13-8-21(26-22(18)28)25-9-7-17-3-1-11-27(17)14-10-24-16/h4-6,8,12-13,15,17,24H,1,3,7,9-11,14H2,(H,25,26). The third-order valence-corrected chi connectivity index (χ3v) is 5.82. The molecule has 0 aliphatic carbocycles. The van der Waals surface area contributed by atoms with E-state index in [0.717, 1.165) is 55.5 Å². The van der Waals surface area contributed by atoms with Crippen molar-refractivity contribution in [2.45, 2.75) is 25.3 Å². The Labute approximate surface area is 164 Å². The molecule has 1 unspecified atom stereocenters. The molecule has 0 spiro atoms. The van der Waals surface area contributed by atoms with E-state index in [-0.39, 0.29) is 5.82 Å². The van der Waals surface area contributed by atoms with Crippen LogP contribution in [0.3, 0.4) is 0 Å². The molecule has 1 aromatic carbocycles. The van der Waals surface area contributed by atoms with Gasteiger partial charge in [0.25, 0.3) is 0 Å². The summed E-state index contributed by atoms with van der Waals surface area (Å²) in [5, 5.41) is 6.86. The van der Waals surface area contributed by atoms with E-state index >= 15 is 0 Å². The van der Waals surface area contributed by atoms with Gasteiger partial charge in [-0.05, 0) is 56.2 Å². The average Bonchev–Trinajstić information content (AvgIpc) is 3.15. The van der Waals surface area contributed by atoms with Gasteiger partial charge in [-0.3, -0.25) is 9.89 Å². The minimum atomic E-state index is -0.244.